The van der Waals surface area contributed by atoms with E-state index in [0.29, 0.717) is 26.3 Å². The lowest BCUT2D eigenvalue weighted by Crippen LogP contribution is -2.43. The Bertz CT molecular complexity index is 274. The van der Waals surface area contributed by atoms with Crippen LogP contribution in [0.3, 0.4) is 0 Å². The Labute approximate surface area is 89.7 Å². The number of ether oxygens (including phenoxy) is 1. The maximum Gasteiger partial charge on any atom is 0.316 e. The number of carboxylic acids is 1. The quantitative estimate of drug-likeness (QED) is 0.653. The van der Waals surface area contributed by atoms with Crippen molar-refractivity contribution in [3.63, 3.8) is 0 Å². The highest BCUT2D eigenvalue weighted by Crippen LogP contribution is 1.98. The summed E-state index contributed by atoms with van der Waals surface area (Å²) in [5, 5.41) is 8.37. The van der Waals surface area contributed by atoms with Gasteiger partial charge in [-0.25, -0.2) is 0 Å². The molecule has 1 fully saturated rings. The minimum Gasteiger partial charge on any atom is -0.481 e. The smallest absolute Gasteiger partial charge is 0.316 e. The molecule has 1 atom stereocenters. The molecule has 0 radical (unpaired) electrons. The molecule has 1 heterocycles. The minimum atomic E-state index is -1.61. The van der Waals surface area contributed by atoms with Crippen molar-refractivity contribution in [2.24, 2.45) is 0 Å². The van der Waals surface area contributed by atoms with Gasteiger partial charge in [-0.2, -0.15) is 0 Å². The summed E-state index contributed by atoms with van der Waals surface area (Å²) < 4.78 is 16.2. The molecule has 7 heteroatoms. The Morgan fingerprint density at radius 2 is 1.87 bits per heavy atom. The molecule has 86 valence electrons. The first-order valence-corrected chi connectivity index (χ1v) is 6.00. The van der Waals surface area contributed by atoms with Gasteiger partial charge in [0.15, 0.2) is 0 Å². The van der Waals surface area contributed by atoms with Gasteiger partial charge in [-0.15, -0.1) is 0 Å². The average molecular weight is 235 g/mol. The SMILES string of the molecule is O=C(O)CS(=O)CC(=O)N1CCOCC1. The number of hydrogen-bond acceptors (Lipinski definition) is 4. The van der Waals surface area contributed by atoms with Gasteiger partial charge in [-0.05, 0) is 0 Å². The fraction of sp³-hybridized carbons (Fsp3) is 0.750. The predicted octanol–water partition coefficient (Wildman–Crippen LogP) is -1.32. The van der Waals surface area contributed by atoms with Crippen molar-refractivity contribution in [1.29, 1.82) is 0 Å². The van der Waals surface area contributed by atoms with Crippen LogP contribution in [0.25, 0.3) is 0 Å². The highest BCUT2D eigenvalue weighted by atomic mass is 32.2. The van der Waals surface area contributed by atoms with Crippen molar-refractivity contribution < 1.29 is 23.6 Å². The van der Waals surface area contributed by atoms with Gasteiger partial charge >= 0.3 is 5.97 Å². The van der Waals surface area contributed by atoms with E-state index in [-0.39, 0.29) is 11.7 Å². The molecule has 0 spiro atoms. The summed E-state index contributed by atoms with van der Waals surface area (Å²) in [6.07, 6.45) is 0. The number of amides is 1. The third-order valence-electron chi connectivity index (χ3n) is 1.93. The Kier molecular flexibility index (Phi) is 4.70. The molecule has 1 N–H and O–H groups in total. The molecule has 1 rings (SSSR count). The Morgan fingerprint density at radius 3 is 2.40 bits per heavy atom. The van der Waals surface area contributed by atoms with Gasteiger partial charge in [0, 0.05) is 23.9 Å². The first-order valence-electron chi connectivity index (χ1n) is 4.52. The van der Waals surface area contributed by atoms with Crippen molar-refractivity contribution in [2.75, 3.05) is 37.8 Å². The van der Waals surface area contributed by atoms with Crippen LogP contribution in [0.1, 0.15) is 0 Å². The van der Waals surface area contributed by atoms with Crippen molar-refractivity contribution in [3.05, 3.63) is 0 Å². The van der Waals surface area contributed by atoms with Gasteiger partial charge in [-0.3, -0.25) is 13.8 Å². The molecule has 0 saturated carbocycles. The van der Waals surface area contributed by atoms with Crippen LogP contribution < -0.4 is 0 Å². The highest BCUT2D eigenvalue weighted by Gasteiger charge is 2.19. The van der Waals surface area contributed by atoms with Crippen molar-refractivity contribution in [2.45, 2.75) is 0 Å². The van der Waals surface area contributed by atoms with E-state index in [0.717, 1.165) is 0 Å². The van der Waals surface area contributed by atoms with Crippen LogP contribution in [0.2, 0.25) is 0 Å². The normalized spacial score (nSPS) is 18.5. The van der Waals surface area contributed by atoms with Crippen LogP contribution >= 0.6 is 0 Å². The van der Waals surface area contributed by atoms with Crippen LogP contribution in [0.5, 0.6) is 0 Å². The molecular weight excluding hydrogens is 222 g/mol. The second kappa shape index (κ2) is 5.82. The number of morpholine rings is 1. The van der Waals surface area contributed by atoms with E-state index in [4.69, 9.17) is 9.84 Å². The first kappa shape index (κ1) is 12.1. The third-order valence-corrected chi connectivity index (χ3v) is 3.07. The number of rotatable bonds is 4. The van der Waals surface area contributed by atoms with E-state index in [1.807, 2.05) is 0 Å². The molecule has 0 aliphatic carbocycles. The lowest BCUT2D eigenvalue weighted by atomic mass is 10.4. The zero-order valence-corrected chi connectivity index (χ0v) is 8.99. The Morgan fingerprint density at radius 1 is 1.27 bits per heavy atom. The summed E-state index contributed by atoms with van der Waals surface area (Å²) in [6, 6.07) is 0. The largest absolute Gasteiger partial charge is 0.481 e. The fourth-order valence-electron chi connectivity index (χ4n) is 1.23. The molecule has 1 saturated heterocycles. The molecular formula is C8H13NO5S. The van der Waals surface area contributed by atoms with E-state index < -0.39 is 22.5 Å². The first-order chi connectivity index (χ1) is 7.09. The Hall–Kier alpha value is -0.950. The predicted molar refractivity (Wildman–Crippen MR) is 52.9 cm³/mol. The number of nitrogens with zero attached hydrogens (tertiary/aromatic N) is 1. The number of hydrogen-bond donors (Lipinski definition) is 1. The minimum absolute atomic E-state index is 0.216. The molecule has 0 aromatic heterocycles. The molecule has 1 unspecified atom stereocenters. The summed E-state index contributed by atoms with van der Waals surface area (Å²) in [6.45, 7) is 1.95. The summed E-state index contributed by atoms with van der Waals surface area (Å²) in [5.74, 6) is -2.11. The van der Waals surface area contributed by atoms with Gasteiger partial charge in [0.2, 0.25) is 5.91 Å². The van der Waals surface area contributed by atoms with Gasteiger partial charge in [0.05, 0.1) is 13.2 Å². The van der Waals surface area contributed by atoms with Gasteiger partial charge in [0.1, 0.15) is 11.5 Å². The molecule has 1 aliphatic rings. The summed E-state index contributed by atoms with van der Waals surface area (Å²) in [4.78, 5) is 23.2. The zero-order valence-electron chi connectivity index (χ0n) is 8.18. The topological polar surface area (TPSA) is 83.9 Å². The number of carbonyl (C=O) groups is 2. The number of aliphatic carboxylic acids is 1. The van der Waals surface area contributed by atoms with Crippen molar-refractivity contribution in [1.82, 2.24) is 4.90 Å². The van der Waals surface area contributed by atoms with Crippen LogP contribution in [-0.4, -0.2) is 63.9 Å². The maximum absolute atomic E-state index is 11.5. The van der Waals surface area contributed by atoms with Gasteiger partial charge in [0.25, 0.3) is 0 Å². The van der Waals surface area contributed by atoms with E-state index in [1.165, 1.54) is 0 Å². The van der Waals surface area contributed by atoms with Crippen LogP contribution in [0.4, 0.5) is 0 Å². The van der Waals surface area contributed by atoms with Crippen molar-refractivity contribution in [3.8, 4) is 0 Å². The second-order valence-corrected chi connectivity index (χ2v) is 4.57. The molecule has 0 bridgehead atoms. The monoisotopic (exact) mass is 235 g/mol. The zero-order chi connectivity index (χ0) is 11.3. The molecule has 6 nitrogen and oxygen atoms in total. The summed E-state index contributed by atoms with van der Waals surface area (Å²) in [7, 11) is -1.61. The van der Waals surface area contributed by atoms with E-state index in [9.17, 15) is 13.8 Å². The van der Waals surface area contributed by atoms with Crippen molar-refractivity contribution >= 4 is 22.7 Å². The maximum atomic E-state index is 11.5. The van der Waals surface area contributed by atoms with E-state index in [1.54, 1.807) is 4.90 Å². The standard InChI is InChI=1S/C8H13NO5S/c10-7(5-15(13)6-8(11)12)9-1-3-14-4-2-9/h1-6H2,(H,11,12). The summed E-state index contributed by atoms with van der Waals surface area (Å²) in [5.41, 5.74) is 0. The lowest BCUT2D eigenvalue weighted by molar-refractivity contribution is -0.134. The average Bonchev–Trinajstić information content (AvgIpc) is 2.17. The van der Waals surface area contributed by atoms with Crippen LogP contribution in [-0.2, 0) is 25.1 Å². The van der Waals surface area contributed by atoms with Gasteiger partial charge in [-0.1, -0.05) is 0 Å². The van der Waals surface area contributed by atoms with Crippen LogP contribution in [0.15, 0.2) is 0 Å². The molecule has 15 heavy (non-hydrogen) atoms. The number of carboxylic acid groups (broad SMARTS) is 1. The third kappa shape index (κ3) is 4.39. The van der Waals surface area contributed by atoms with E-state index in [2.05, 4.69) is 0 Å². The molecule has 0 aromatic carbocycles. The second-order valence-electron chi connectivity index (χ2n) is 3.12. The van der Waals surface area contributed by atoms with Crippen LogP contribution in [0, 0.1) is 0 Å². The fourth-order valence-corrected chi connectivity index (χ4v) is 2.07. The Balaban J connectivity index is 2.33. The molecule has 0 aromatic rings. The van der Waals surface area contributed by atoms with Gasteiger partial charge < -0.3 is 14.7 Å². The summed E-state index contributed by atoms with van der Waals surface area (Å²) >= 11 is 0. The molecule has 1 aliphatic heterocycles. The highest BCUT2D eigenvalue weighted by molar-refractivity contribution is 7.86. The van der Waals surface area contributed by atoms with E-state index >= 15 is 0 Å². The lowest BCUT2D eigenvalue weighted by Gasteiger charge is -2.26. The molecule has 1 amide bonds. The number of carbonyl (C=O) groups excluding carboxylic acids is 1.